The Morgan fingerprint density at radius 1 is 1.23 bits per heavy atom. The fourth-order valence-corrected chi connectivity index (χ4v) is 2.97. The smallest absolute Gasteiger partial charge is 0.313 e. The molecule has 1 aliphatic carbocycles. The molecule has 2 heterocycles. The molecule has 1 aromatic heterocycles. The highest BCUT2D eigenvalue weighted by Gasteiger charge is 2.63. The first-order valence-corrected chi connectivity index (χ1v) is 7.33. The van der Waals surface area contributed by atoms with Gasteiger partial charge >= 0.3 is 5.97 Å². The van der Waals surface area contributed by atoms with Gasteiger partial charge in [0.25, 0.3) is 0 Å². The highest BCUT2D eigenvalue weighted by molar-refractivity contribution is 5.80. The van der Waals surface area contributed by atoms with E-state index in [1.54, 1.807) is 24.5 Å². The zero-order valence-electron chi connectivity index (χ0n) is 12.1. The molecule has 0 saturated heterocycles. The molecule has 0 N–H and O–H groups in total. The molecule has 3 unspecified atom stereocenters. The van der Waals surface area contributed by atoms with E-state index in [-0.39, 0.29) is 23.9 Å². The second kappa shape index (κ2) is 5.02. The molecule has 0 amide bonds. The number of aromatic nitrogens is 1. The Morgan fingerprint density at radius 3 is 2.82 bits per heavy atom. The van der Waals surface area contributed by atoms with Crippen LogP contribution >= 0.6 is 0 Å². The Hall–Kier alpha value is -2.56. The van der Waals surface area contributed by atoms with Crippen LogP contribution in [0.25, 0.3) is 0 Å². The topological polar surface area (TPSA) is 57.7 Å². The van der Waals surface area contributed by atoms with Crippen molar-refractivity contribution in [2.45, 2.75) is 18.9 Å². The number of esters is 1. The van der Waals surface area contributed by atoms with Crippen LogP contribution in [0.15, 0.2) is 42.7 Å². The maximum Gasteiger partial charge on any atom is 0.313 e. The van der Waals surface area contributed by atoms with Crippen molar-refractivity contribution >= 4 is 5.97 Å². The van der Waals surface area contributed by atoms with Crippen molar-refractivity contribution in [2.24, 2.45) is 5.92 Å². The van der Waals surface area contributed by atoms with Crippen LogP contribution in [0.4, 0.5) is 0 Å². The SMILES string of the molecule is CCOC(=O)C1C2Oc3ccc(Oc4ccncc4)cc3C21. The van der Waals surface area contributed by atoms with Crippen molar-refractivity contribution in [1.29, 1.82) is 0 Å². The highest BCUT2D eigenvalue weighted by Crippen LogP contribution is 2.59. The molecule has 3 atom stereocenters. The lowest BCUT2D eigenvalue weighted by Gasteiger charge is -2.10. The van der Waals surface area contributed by atoms with Gasteiger partial charge in [0.15, 0.2) is 0 Å². The van der Waals surface area contributed by atoms with Gasteiger partial charge < -0.3 is 14.2 Å². The maximum atomic E-state index is 11.9. The lowest BCUT2D eigenvalue weighted by Crippen LogP contribution is -2.13. The lowest BCUT2D eigenvalue weighted by atomic mass is 10.1. The van der Waals surface area contributed by atoms with Crippen molar-refractivity contribution in [2.75, 3.05) is 6.61 Å². The molecule has 1 aromatic carbocycles. The van der Waals surface area contributed by atoms with E-state index in [1.807, 2.05) is 25.1 Å². The zero-order chi connectivity index (χ0) is 15.1. The highest BCUT2D eigenvalue weighted by atomic mass is 16.5. The predicted molar refractivity (Wildman–Crippen MR) is 78.0 cm³/mol. The second-order valence-electron chi connectivity index (χ2n) is 5.37. The molecule has 4 rings (SSSR count). The number of ether oxygens (including phenoxy) is 3. The summed E-state index contributed by atoms with van der Waals surface area (Å²) < 4.78 is 16.7. The van der Waals surface area contributed by atoms with Gasteiger partial charge in [0, 0.05) is 23.9 Å². The molecule has 112 valence electrons. The minimum Gasteiger partial charge on any atom is -0.489 e. The number of carbonyl (C=O) groups excluding carboxylic acids is 1. The van der Waals surface area contributed by atoms with Crippen LogP contribution < -0.4 is 9.47 Å². The molecular formula is C17H15NO4. The summed E-state index contributed by atoms with van der Waals surface area (Å²) >= 11 is 0. The van der Waals surface area contributed by atoms with Gasteiger partial charge in [0.2, 0.25) is 0 Å². The minimum absolute atomic E-state index is 0.0785. The summed E-state index contributed by atoms with van der Waals surface area (Å²) in [6.45, 7) is 2.21. The third-order valence-corrected chi connectivity index (χ3v) is 4.00. The third kappa shape index (κ3) is 2.09. The van der Waals surface area contributed by atoms with Crippen LogP contribution in [-0.2, 0) is 9.53 Å². The first kappa shape index (κ1) is 13.1. The Balaban J connectivity index is 1.54. The van der Waals surface area contributed by atoms with Crippen LogP contribution in [0.5, 0.6) is 17.2 Å². The summed E-state index contributed by atoms with van der Waals surface area (Å²) in [5.41, 5.74) is 1.02. The van der Waals surface area contributed by atoms with Gasteiger partial charge in [-0.05, 0) is 37.3 Å². The molecule has 0 bridgehead atoms. The molecule has 2 aromatic rings. The van der Waals surface area contributed by atoms with Crippen molar-refractivity contribution in [1.82, 2.24) is 4.98 Å². The number of hydrogen-bond acceptors (Lipinski definition) is 5. The summed E-state index contributed by atoms with van der Waals surface area (Å²) in [6, 6.07) is 9.29. The van der Waals surface area contributed by atoms with Gasteiger partial charge in [-0.1, -0.05) is 0 Å². The summed E-state index contributed by atoms with van der Waals surface area (Å²) in [5.74, 6) is 2.02. The molecule has 1 aliphatic heterocycles. The molecule has 5 nitrogen and oxygen atoms in total. The molecule has 0 spiro atoms. The van der Waals surface area contributed by atoms with Crippen LogP contribution in [0.2, 0.25) is 0 Å². The number of carbonyl (C=O) groups is 1. The minimum atomic E-state index is -0.177. The Labute approximate surface area is 127 Å². The van der Waals surface area contributed by atoms with Crippen molar-refractivity contribution < 1.29 is 19.0 Å². The van der Waals surface area contributed by atoms with Crippen LogP contribution in [0.3, 0.4) is 0 Å². The number of pyridine rings is 1. The average molecular weight is 297 g/mol. The van der Waals surface area contributed by atoms with Crippen LogP contribution in [0.1, 0.15) is 18.4 Å². The van der Waals surface area contributed by atoms with Crippen LogP contribution in [0, 0.1) is 5.92 Å². The monoisotopic (exact) mass is 297 g/mol. The lowest BCUT2D eigenvalue weighted by molar-refractivity contribution is -0.145. The quantitative estimate of drug-likeness (QED) is 0.812. The van der Waals surface area contributed by atoms with E-state index < -0.39 is 0 Å². The van der Waals surface area contributed by atoms with Crippen molar-refractivity contribution in [3.63, 3.8) is 0 Å². The second-order valence-corrected chi connectivity index (χ2v) is 5.37. The largest absolute Gasteiger partial charge is 0.489 e. The molecule has 2 aliphatic rings. The number of rotatable bonds is 4. The summed E-state index contributed by atoms with van der Waals surface area (Å²) in [5, 5.41) is 0. The number of hydrogen-bond donors (Lipinski definition) is 0. The Kier molecular flexibility index (Phi) is 2.99. The van der Waals surface area contributed by atoms with Gasteiger partial charge in [-0.3, -0.25) is 9.78 Å². The van der Waals surface area contributed by atoms with Crippen LogP contribution in [-0.4, -0.2) is 23.7 Å². The summed E-state index contributed by atoms with van der Waals surface area (Å²) in [7, 11) is 0. The molecule has 1 fully saturated rings. The summed E-state index contributed by atoms with van der Waals surface area (Å²) in [6.07, 6.45) is 3.28. The van der Waals surface area contributed by atoms with E-state index in [1.165, 1.54) is 0 Å². The normalized spacial score (nSPS) is 24.0. The Bertz CT molecular complexity index is 716. The average Bonchev–Trinajstić information content (AvgIpc) is 3.13. The molecule has 22 heavy (non-hydrogen) atoms. The summed E-state index contributed by atoms with van der Waals surface area (Å²) in [4.78, 5) is 15.8. The first-order valence-electron chi connectivity index (χ1n) is 7.33. The van der Waals surface area contributed by atoms with E-state index in [9.17, 15) is 4.79 Å². The number of fused-ring (bicyclic) bond motifs is 3. The van der Waals surface area contributed by atoms with Crippen molar-refractivity contribution in [3.8, 4) is 17.2 Å². The van der Waals surface area contributed by atoms with Gasteiger partial charge in [-0.15, -0.1) is 0 Å². The predicted octanol–water partition coefficient (Wildman–Crippen LogP) is 2.91. The van der Waals surface area contributed by atoms with Gasteiger partial charge in [-0.25, -0.2) is 0 Å². The van der Waals surface area contributed by atoms with E-state index in [0.29, 0.717) is 6.61 Å². The fourth-order valence-electron chi connectivity index (χ4n) is 2.97. The standard InChI is InChI=1S/C17H15NO4/c1-2-20-17(19)15-14-12-9-11(3-4-13(12)22-16(14)15)21-10-5-7-18-8-6-10/h3-9,14-16H,2H2,1H3. The first-order chi connectivity index (χ1) is 10.8. The number of nitrogens with zero attached hydrogens (tertiary/aromatic N) is 1. The van der Waals surface area contributed by atoms with Gasteiger partial charge in [0.1, 0.15) is 29.3 Å². The molecule has 5 heteroatoms. The third-order valence-electron chi connectivity index (χ3n) is 4.00. The van der Waals surface area contributed by atoms with E-state index in [0.717, 1.165) is 22.8 Å². The zero-order valence-corrected chi connectivity index (χ0v) is 12.1. The molecule has 1 saturated carbocycles. The van der Waals surface area contributed by atoms with Crippen molar-refractivity contribution in [3.05, 3.63) is 48.3 Å². The Morgan fingerprint density at radius 2 is 2.05 bits per heavy atom. The molecule has 0 radical (unpaired) electrons. The van der Waals surface area contributed by atoms with E-state index in [4.69, 9.17) is 14.2 Å². The van der Waals surface area contributed by atoms with E-state index in [2.05, 4.69) is 4.98 Å². The number of benzene rings is 1. The maximum absolute atomic E-state index is 11.9. The van der Waals surface area contributed by atoms with Gasteiger partial charge in [-0.2, -0.15) is 0 Å². The fraction of sp³-hybridized carbons (Fsp3) is 0.294. The van der Waals surface area contributed by atoms with E-state index >= 15 is 0 Å². The van der Waals surface area contributed by atoms with Gasteiger partial charge in [0.05, 0.1) is 6.61 Å². The molecular weight excluding hydrogens is 282 g/mol.